The van der Waals surface area contributed by atoms with Gasteiger partial charge in [-0.15, -0.1) is 0 Å². The molecule has 1 aromatic rings. The summed E-state index contributed by atoms with van der Waals surface area (Å²) in [5, 5.41) is 11.4. The molecule has 0 bridgehead atoms. The molecule has 0 aromatic heterocycles. The van der Waals surface area contributed by atoms with Crippen molar-refractivity contribution in [3.05, 3.63) is 29.8 Å². The first-order valence-electron chi connectivity index (χ1n) is 7.31. The SMILES string of the molecule is CCCC[C@H](NC(=O)Cc1ccc(S(=O)(=O)C(F)F)cc1)C(=O)O. The van der Waals surface area contributed by atoms with Gasteiger partial charge in [0.05, 0.1) is 11.3 Å². The zero-order valence-electron chi connectivity index (χ0n) is 13.0. The molecular weight excluding hydrogens is 344 g/mol. The number of unbranched alkanes of at least 4 members (excludes halogenated alkanes) is 1. The summed E-state index contributed by atoms with van der Waals surface area (Å²) in [6.07, 6.45) is 1.57. The first kappa shape index (κ1) is 20.0. The molecule has 24 heavy (non-hydrogen) atoms. The molecule has 0 aliphatic heterocycles. The maximum Gasteiger partial charge on any atom is 0.341 e. The summed E-state index contributed by atoms with van der Waals surface area (Å²) >= 11 is 0. The van der Waals surface area contributed by atoms with Crippen LogP contribution in [0.2, 0.25) is 0 Å². The zero-order chi connectivity index (χ0) is 18.3. The second-order valence-corrected chi connectivity index (χ2v) is 7.14. The highest BCUT2D eigenvalue weighted by Crippen LogP contribution is 2.18. The van der Waals surface area contributed by atoms with Crippen LogP contribution in [0.4, 0.5) is 8.78 Å². The minimum atomic E-state index is -4.67. The Balaban J connectivity index is 2.72. The lowest BCUT2D eigenvalue weighted by Crippen LogP contribution is -2.41. The number of hydrogen-bond donors (Lipinski definition) is 2. The van der Waals surface area contributed by atoms with E-state index in [0.717, 1.165) is 18.6 Å². The fourth-order valence-corrected chi connectivity index (χ4v) is 2.72. The standard InChI is InChI=1S/C15H19F2NO5S/c1-2-3-4-12(14(20)21)18-13(19)9-10-5-7-11(8-6-10)24(22,23)15(16)17/h5-8,12,15H,2-4,9H2,1H3,(H,18,19)(H,20,21)/t12-/m0/s1. The van der Waals surface area contributed by atoms with Crippen molar-refractivity contribution >= 4 is 21.7 Å². The van der Waals surface area contributed by atoms with E-state index in [1.54, 1.807) is 0 Å². The minimum Gasteiger partial charge on any atom is -0.480 e. The lowest BCUT2D eigenvalue weighted by atomic mass is 10.1. The van der Waals surface area contributed by atoms with Crippen molar-refractivity contribution in [3.63, 3.8) is 0 Å². The molecule has 1 atom stereocenters. The van der Waals surface area contributed by atoms with Gasteiger partial charge >= 0.3 is 11.7 Å². The van der Waals surface area contributed by atoms with Crippen LogP contribution in [0.5, 0.6) is 0 Å². The highest BCUT2D eigenvalue weighted by atomic mass is 32.2. The number of sulfone groups is 1. The molecule has 9 heteroatoms. The van der Waals surface area contributed by atoms with Gasteiger partial charge in [0, 0.05) is 0 Å². The number of nitrogens with one attached hydrogen (secondary N) is 1. The predicted molar refractivity (Wildman–Crippen MR) is 82.4 cm³/mol. The molecule has 0 spiro atoms. The maximum atomic E-state index is 12.4. The Morgan fingerprint density at radius 2 is 1.79 bits per heavy atom. The fraction of sp³-hybridized carbons (Fsp3) is 0.467. The number of aliphatic carboxylic acids is 1. The number of carboxylic acid groups (broad SMARTS) is 1. The van der Waals surface area contributed by atoms with Crippen LogP contribution in [0.25, 0.3) is 0 Å². The molecule has 0 saturated carbocycles. The molecule has 2 N–H and O–H groups in total. The number of hydrogen-bond acceptors (Lipinski definition) is 4. The van der Waals surface area contributed by atoms with Gasteiger partial charge in [0.2, 0.25) is 15.7 Å². The van der Waals surface area contributed by atoms with Crippen LogP contribution in [0.1, 0.15) is 31.7 Å². The minimum absolute atomic E-state index is 0.176. The van der Waals surface area contributed by atoms with Gasteiger partial charge in [0.15, 0.2) is 0 Å². The quantitative estimate of drug-likeness (QED) is 0.699. The Morgan fingerprint density at radius 3 is 2.25 bits per heavy atom. The molecule has 0 heterocycles. The molecule has 0 radical (unpaired) electrons. The molecule has 134 valence electrons. The average molecular weight is 363 g/mol. The van der Waals surface area contributed by atoms with Crippen LogP contribution in [-0.2, 0) is 25.8 Å². The molecule has 0 unspecified atom stereocenters. The number of carbonyl (C=O) groups excluding carboxylic acids is 1. The summed E-state index contributed by atoms with van der Waals surface area (Å²) in [4.78, 5) is 22.4. The Hall–Kier alpha value is -2.03. The number of carbonyl (C=O) groups is 2. The maximum absolute atomic E-state index is 12.4. The van der Waals surface area contributed by atoms with Gasteiger partial charge in [-0.3, -0.25) is 4.79 Å². The zero-order valence-corrected chi connectivity index (χ0v) is 13.9. The Bertz CT molecular complexity index is 674. The number of alkyl halides is 2. The highest BCUT2D eigenvalue weighted by molar-refractivity contribution is 7.91. The highest BCUT2D eigenvalue weighted by Gasteiger charge is 2.26. The van der Waals surface area contributed by atoms with Gasteiger partial charge in [-0.05, 0) is 24.1 Å². The van der Waals surface area contributed by atoms with Crippen LogP contribution < -0.4 is 5.32 Å². The fourth-order valence-electron chi connectivity index (χ4n) is 2.00. The molecule has 1 amide bonds. The van der Waals surface area contributed by atoms with Crippen LogP contribution in [0, 0.1) is 0 Å². The summed E-state index contributed by atoms with van der Waals surface area (Å²) in [5.74, 6) is -5.18. The van der Waals surface area contributed by atoms with Crippen LogP contribution in [-0.4, -0.2) is 37.2 Å². The monoisotopic (exact) mass is 363 g/mol. The largest absolute Gasteiger partial charge is 0.480 e. The molecule has 0 aliphatic carbocycles. The molecule has 0 aliphatic rings. The van der Waals surface area contributed by atoms with E-state index in [9.17, 15) is 26.8 Å². The number of benzene rings is 1. The third-order valence-corrected chi connectivity index (χ3v) is 4.73. The van der Waals surface area contributed by atoms with Crippen molar-refractivity contribution in [1.29, 1.82) is 0 Å². The number of amides is 1. The van der Waals surface area contributed by atoms with Gasteiger partial charge < -0.3 is 10.4 Å². The van der Waals surface area contributed by atoms with E-state index in [1.807, 2.05) is 6.92 Å². The predicted octanol–water partition coefficient (Wildman–Crippen LogP) is 1.99. The van der Waals surface area contributed by atoms with E-state index < -0.39 is 38.4 Å². The van der Waals surface area contributed by atoms with E-state index in [2.05, 4.69) is 5.32 Å². The number of halogens is 2. The van der Waals surface area contributed by atoms with E-state index in [0.29, 0.717) is 18.4 Å². The van der Waals surface area contributed by atoms with Crippen molar-refractivity contribution in [1.82, 2.24) is 5.32 Å². The molecule has 6 nitrogen and oxygen atoms in total. The van der Waals surface area contributed by atoms with Crippen LogP contribution in [0.15, 0.2) is 29.2 Å². The Morgan fingerprint density at radius 1 is 1.21 bits per heavy atom. The third-order valence-electron chi connectivity index (χ3n) is 3.33. The smallest absolute Gasteiger partial charge is 0.341 e. The van der Waals surface area contributed by atoms with Gasteiger partial charge in [-0.2, -0.15) is 8.78 Å². The van der Waals surface area contributed by atoms with Gasteiger partial charge in [-0.1, -0.05) is 31.9 Å². The van der Waals surface area contributed by atoms with E-state index in [4.69, 9.17) is 5.11 Å². The summed E-state index contributed by atoms with van der Waals surface area (Å²) in [7, 11) is -4.67. The second kappa shape index (κ2) is 8.72. The normalized spacial score (nSPS) is 12.8. The lowest BCUT2D eigenvalue weighted by molar-refractivity contribution is -0.142. The molecular formula is C15H19F2NO5S. The first-order valence-corrected chi connectivity index (χ1v) is 8.86. The van der Waals surface area contributed by atoms with Crippen molar-refractivity contribution < 1.29 is 31.9 Å². The Labute approximate surface area is 138 Å². The van der Waals surface area contributed by atoms with Crippen LogP contribution >= 0.6 is 0 Å². The summed E-state index contributed by atoms with van der Waals surface area (Å²) in [6.45, 7) is 1.90. The summed E-state index contributed by atoms with van der Waals surface area (Å²) < 4.78 is 47.4. The molecule has 0 fully saturated rings. The van der Waals surface area contributed by atoms with Gasteiger partial charge in [-0.25, -0.2) is 13.2 Å². The lowest BCUT2D eigenvalue weighted by Gasteiger charge is -2.14. The Kier molecular flexibility index (Phi) is 7.27. The van der Waals surface area contributed by atoms with Crippen molar-refractivity contribution in [2.24, 2.45) is 0 Å². The van der Waals surface area contributed by atoms with Crippen molar-refractivity contribution in [3.8, 4) is 0 Å². The van der Waals surface area contributed by atoms with Gasteiger partial charge in [0.1, 0.15) is 6.04 Å². The summed E-state index contributed by atoms with van der Waals surface area (Å²) in [5.41, 5.74) is 0.389. The average Bonchev–Trinajstić information content (AvgIpc) is 2.51. The van der Waals surface area contributed by atoms with Crippen LogP contribution in [0.3, 0.4) is 0 Å². The van der Waals surface area contributed by atoms with Crippen molar-refractivity contribution in [2.75, 3.05) is 0 Å². The number of carboxylic acids is 1. The third kappa shape index (κ3) is 5.55. The van der Waals surface area contributed by atoms with E-state index >= 15 is 0 Å². The second-order valence-electron chi connectivity index (χ2n) is 5.23. The van der Waals surface area contributed by atoms with Crippen molar-refractivity contribution in [2.45, 2.75) is 49.3 Å². The molecule has 1 aromatic carbocycles. The number of rotatable bonds is 9. The molecule has 0 saturated heterocycles. The first-order chi connectivity index (χ1) is 11.2. The topological polar surface area (TPSA) is 101 Å². The van der Waals surface area contributed by atoms with E-state index in [1.165, 1.54) is 12.1 Å². The molecule has 1 rings (SSSR count). The van der Waals surface area contributed by atoms with E-state index in [-0.39, 0.29) is 6.42 Å². The van der Waals surface area contributed by atoms with Gasteiger partial charge in [0.25, 0.3) is 0 Å². The summed E-state index contributed by atoms with van der Waals surface area (Å²) in [6, 6.07) is 3.50.